The van der Waals surface area contributed by atoms with Crippen LogP contribution in [-0.2, 0) is 0 Å². The van der Waals surface area contributed by atoms with Crippen molar-refractivity contribution in [3.8, 4) is 0 Å². The van der Waals surface area contributed by atoms with Crippen LogP contribution in [0.1, 0.15) is 0 Å². The van der Waals surface area contributed by atoms with Gasteiger partial charge in [-0.05, 0) is 105 Å². The maximum Gasteiger partial charge on any atom is 0 e. The molecule has 0 saturated carbocycles. The third kappa shape index (κ3) is 21.6. The van der Waals surface area contributed by atoms with Crippen LogP contribution >= 0.6 is 0 Å². The molecule has 0 nitrogen and oxygen atoms in total. The van der Waals surface area contributed by atoms with E-state index < -0.39 is 0 Å². The third-order valence-corrected chi connectivity index (χ3v) is 1.74. The van der Waals surface area contributed by atoms with E-state index in [0.29, 0.717) is 0 Å². The molecule has 0 aliphatic heterocycles. The van der Waals surface area contributed by atoms with Gasteiger partial charge >= 0.3 is 0 Å². The van der Waals surface area contributed by atoms with Gasteiger partial charge in [0.15, 0.2) is 0 Å². The molecule has 0 heteroatoms. The fourth-order valence-corrected chi connectivity index (χ4v) is 0.838. The molecule has 0 atom stereocenters. The Morgan fingerprint density at radius 1 is 0.167 bits per heavy atom. The minimum atomic E-state index is 2.37. The van der Waals surface area contributed by atoms with Crippen molar-refractivity contribution < 1.29 is 0 Å². The highest BCUT2D eigenvalue weighted by Gasteiger charge is 1.43. The normalized spacial score (nSPS) is 3.87. The Balaban J connectivity index is 5.95. The highest BCUT2D eigenvalue weighted by Crippen LogP contribution is 1.59. The van der Waals surface area contributed by atoms with Crippen molar-refractivity contribution >= 4 is 0 Å². The topological polar surface area (TPSA) is 0 Å². The molecular formula is C30H4. The standard InChI is InChI=1S/C30H4/c1-3-5-7-9-11-13-15-17-19-21-23-25-27-29-30-28-26-24-22-20-18-16-14-12-10-8-6-4-2/h1-2H2. The molecule has 0 bridgehead atoms. The van der Waals surface area contributed by atoms with Crippen LogP contribution in [0.4, 0.5) is 0 Å². The molecule has 0 heterocycles. The third-order valence-electron chi connectivity index (χ3n) is 1.74. The van der Waals surface area contributed by atoms with Gasteiger partial charge in [0.2, 0.25) is 0 Å². The number of hydrogen-bond donors (Lipinski definition) is 0. The molecule has 0 spiro atoms. The Kier molecular flexibility index (Phi) is 17.7. The van der Waals surface area contributed by atoms with Gasteiger partial charge in [-0.2, -0.15) is 0 Å². The quantitative estimate of drug-likeness (QED) is 0.522. The maximum absolute atomic E-state index is 3.31. The number of rotatable bonds is 0. The molecule has 0 aromatic carbocycles. The van der Waals surface area contributed by atoms with Crippen LogP contribution in [0.25, 0.3) is 0 Å². The summed E-state index contributed by atoms with van der Waals surface area (Å²) in [6, 6.07) is 0. The van der Waals surface area contributed by atoms with Crippen molar-refractivity contribution in [2.24, 2.45) is 0 Å². The molecule has 0 rings (SSSR count). The fourth-order valence-electron chi connectivity index (χ4n) is 0.838. The van der Waals surface area contributed by atoms with Crippen LogP contribution in [0, 0.1) is 0 Å². The van der Waals surface area contributed by atoms with E-state index in [-0.39, 0.29) is 0 Å². The monoisotopic (exact) mass is 364 g/mol. The highest BCUT2D eigenvalue weighted by atomic mass is 13.4. The van der Waals surface area contributed by atoms with Crippen molar-refractivity contribution in [1.82, 2.24) is 0 Å². The summed E-state index contributed by atoms with van der Waals surface area (Å²) in [4.78, 5) is 0. The lowest BCUT2D eigenvalue weighted by Crippen LogP contribution is -1.25. The van der Waals surface area contributed by atoms with E-state index in [0.717, 1.165) is 0 Å². The van der Waals surface area contributed by atoms with Gasteiger partial charge in [-0.1, -0.05) is 11.5 Å². The van der Waals surface area contributed by atoms with Crippen molar-refractivity contribution in [1.29, 1.82) is 0 Å². The Morgan fingerprint density at radius 2 is 0.267 bits per heavy atom. The van der Waals surface area contributed by atoms with E-state index in [9.17, 15) is 0 Å². The molecule has 0 aliphatic carbocycles. The first-order valence-corrected chi connectivity index (χ1v) is 7.46. The second kappa shape index (κ2) is 22.6. The Bertz CT molecular complexity index is 1650. The van der Waals surface area contributed by atoms with E-state index in [1.165, 1.54) is 0 Å². The number of hydrogen-bond acceptors (Lipinski definition) is 0. The molecule has 0 amide bonds. The van der Waals surface area contributed by atoms with E-state index in [2.05, 4.69) is 174 Å². The zero-order valence-electron chi connectivity index (χ0n) is 15.4. The maximum atomic E-state index is 3.31. The zero-order chi connectivity index (χ0) is 21.8. The van der Waals surface area contributed by atoms with Gasteiger partial charge < -0.3 is 0 Å². The van der Waals surface area contributed by atoms with Crippen LogP contribution in [0.3, 0.4) is 0 Å². The smallest absolute Gasteiger partial charge is 0 e. The Labute approximate surface area is 173 Å². The lowest BCUT2D eigenvalue weighted by Gasteiger charge is -1.41. The first-order valence-electron chi connectivity index (χ1n) is 7.46. The van der Waals surface area contributed by atoms with Crippen molar-refractivity contribution in [3.05, 3.63) is 174 Å². The Hall–Kier alpha value is -6.42. The van der Waals surface area contributed by atoms with Crippen LogP contribution in [0.5, 0.6) is 0 Å². The SMILES string of the molecule is C=C=C=C=C=C=C=C=C=C=C=C=C=C=C=C=C=C=C=C=C=C=C=C=C=C=C=C=C=C. The van der Waals surface area contributed by atoms with Crippen molar-refractivity contribution in [2.45, 2.75) is 0 Å². The molecule has 0 aromatic rings. The van der Waals surface area contributed by atoms with Crippen LogP contribution in [-0.4, -0.2) is 0 Å². The van der Waals surface area contributed by atoms with Crippen LogP contribution < -0.4 is 0 Å². The first kappa shape index (κ1) is 23.6. The van der Waals surface area contributed by atoms with Gasteiger partial charge in [0.05, 0.1) is 0 Å². The first-order chi connectivity index (χ1) is 14.9. The molecule has 0 radical (unpaired) electrons. The van der Waals surface area contributed by atoms with Gasteiger partial charge in [-0.25, -0.2) is 0 Å². The largest absolute Gasteiger partial charge is 0.0687 e. The second-order valence-corrected chi connectivity index (χ2v) is 3.60. The summed E-state index contributed by atoms with van der Waals surface area (Å²) in [5.74, 6) is 0. The summed E-state index contributed by atoms with van der Waals surface area (Å²) in [5.41, 5.74) is 69.4. The van der Waals surface area contributed by atoms with Crippen LogP contribution in [0.15, 0.2) is 174 Å². The molecule has 30 heavy (non-hydrogen) atoms. The average Bonchev–Trinajstić information content (AvgIpc) is 2.76. The van der Waals surface area contributed by atoms with E-state index in [4.69, 9.17) is 0 Å². The summed E-state index contributed by atoms with van der Waals surface area (Å²) < 4.78 is 0. The van der Waals surface area contributed by atoms with E-state index in [1.807, 2.05) is 0 Å². The lowest BCUT2D eigenvalue weighted by atomic mass is 10.6. The summed E-state index contributed by atoms with van der Waals surface area (Å²) in [6.07, 6.45) is 0. The summed E-state index contributed by atoms with van der Waals surface area (Å²) in [5, 5.41) is 0. The van der Waals surface area contributed by atoms with E-state index >= 15 is 0 Å². The highest BCUT2D eigenvalue weighted by molar-refractivity contribution is 4.94. The predicted molar refractivity (Wildman–Crippen MR) is 110 cm³/mol. The predicted octanol–water partition coefficient (Wildman–Crippen LogP) is 5.15. The van der Waals surface area contributed by atoms with Crippen molar-refractivity contribution in [3.63, 3.8) is 0 Å². The van der Waals surface area contributed by atoms with Gasteiger partial charge in [-0.3, -0.25) is 0 Å². The average molecular weight is 364 g/mol. The zero-order valence-corrected chi connectivity index (χ0v) is 15.4. The van der Waals surface area contributed by atoms with Gasteiger partial charge in [-0.15, -0.1) is 0 Å². The Morgan fingerprint density at radius 3 is 0.367 bits per heavy atom. The fraction of sp³-hybridized carbons (Fsp3) is 0. The van der Waals surface area contributed by atoms with Gasteiger partial charge in [0.25, 0.3) is 0 Å². The minimum absolute atomic E-state index is 2.37. The molecule has 0 aliphatic rings. The molecule has 0 fully saturated rings. The minimum Gasteiger partial charge on any atom is -0.0687 e. The van der Waals surface area contributed by atoms with Crippen LogP contribution in [0.2, 0.25) is 0 Å². The van der Waals surface area contributed by atoms with E-state index in [1.54, 1.807) is 0 Å². The summed E-state index contributed by atoms with van der Waals surface area (Å²) >= 11 is 0. The molecule has 0 N–H and O–H groups in total. The molecule has 0 unspecified atom stereocenters. The van der Waals surface area contributed by atoms with Crippen molar-refractivity contribution in [2.75, 3.05) is 0 Å². The molecule has 0 saturated heterocycles. The second-order valence-electron chi connectivity index (χ2n) is 3.60. The summed E-state index contributed by atoms with van der Waals surface area (Å²) in [7, 11) is 0. The van der Waals surface area contributed by atoms with Gasteiger partial charge in [0, 0.05) is 57.3 Å². The molecule has 124 valence electrons. The van der Waals surface area contributed by atoms with Gasteiger partial charge in [0.1, 0.15) is 0 Å². The molecular weight excluding hydrogens is 360 g/mol. The lowest BCUT2D eigenvalue weighted by molar-refractivity contribution is 2.11. The summed E-state index contributed by atoms with van der Waals surface area (Å²) in [6.45, 7) is 6.61. The molecule has 0 aromatic heterocycles.